The van der Waals surface area contributed by atoms with Gasteiger partial charge in [-0.3, -0.25) is 14.6 Å². The first kappa shape index (κ1) is 12.6. The molecule has 0 saturated heterocycles. The number of benzene rings is 1. The summed E-state index contributed by atoms with van der Waals surface area (Å²) in [6, 6.07) is 6.36. The van der Waals surface area contributed by atoms with Crippen LogP contribution in [0.25, 0.3) is 0 Å². The van der Waals surface area contributed by atoms with Crippen molar-refractivity contribution in [2.24, 2.45) is 0 Å². The van der Waals surface area contributed by atoms with E-state index in [0.717, 1.165) is 4.90 Å². The molecule has 1 aromatic carbocycles. The lowest BCUT2D eigenvalue weighted by Gasteiger charge is -2.17. The summed E-state index contributed by atoms with van der Waals surface area (Å²) in [5, 5.41) is 0.301. The first-order valence-corrected chi connectivity index (χ1v) is 6.28. The predicted octanol–water partition coefficient (Wildman–Crippen LogP) is 2.43. The highest BCUT2D eigenvalue weighted by atomic mass is 35.5. The van der Waals surface area contributed by atoms with E-state index in [0.29, 0.717) is 27.5 Å². The molecule has 0 aliphatic carbocycles. The van der Waals surface area contributed by atoms with Crippen LogP contribution in [-0.2, 0) is 0 Å². The largest absolute Gasteiger partial charge is 0.398 e. The third kappa shape index (κ3) is 1.67. The Bertz CT molecular complexity index is 723. The number of nitrogens with zero attached hydrogens (tertiary/aromatic N) is 2. The average Bonchev–Trinajstić information content (AvgIpc) is 2.68. The molecule has 2 aromatic rings. The third-order valence-corrected chi connectivity index (χ3v) is 3.53. The Labute approximate surface area is 120 Å². The van der Waals surface area contributed by atoms with E-state index in [1.54, 1.807) is 25.1 Å². The number of anilines is 2. The van der Waals surface area contributed by atoms with Gasteiger partial charge >= 0.3 is 0 Å². The predicted molar refractivity (Wildman–Crippen MR) is 76.0 cm³/mol. The van der Waals surface area contributed by atoms with E-state index in [-0.39, 0.29) is 5.69 Å². The van der Waals surface area contributed by atoms with Gasteiger partial charge in [-0.2, -0.15) is 0 Å². The highest BCUT2D eigenvalue weighted by molar-refractivity contribution is 6.36. The Hall–Kier alpha value is -2.40. The number of halogens is 1. The standard InChI is InChI=1S/C14H10ClN3O2/c1-7-5-10(16)9(15)6-11(7)18-13(19)8-3-2-4-17-12(8)14(18)20/h2-6H,16H2,1H3. The second-order valence-corrected chi connectivity index (χ2v) is 4.91. The van der Waals surface area contributed by atoms with E-state index in [1.165, 1.54) is 12.3 Å². The van der Waals surface area contributed by atoms with Gasteiger partial charge in [-0.05, 0) is 36.8 Å². The van der Waals surface area contributed by atoms with Gasteiger partial charge in [0, 0.05) is 6.20 Å². The molecule has 2 amide bonds. The molecule has 0 bridgehead atoms. The molecule has 0 unspecified atom stereocenters. The van der Waals surface area contributed by atoms with Crippen molar-refractivity contribution in [1.29, 1.82) is 0 Å². The number of imide groups is 1. The summed E-state index contributed by atoms with van der Waals surface area (Å²) in [7, 11) is 0. The lowest BCUT2D eigenvalue weighted by molar-refractivity contribution is 0.0924. The lowest BCUT2D eigenvalue weighted by Crippen LogP contribution is -2.30. The number of pyridine rings is 1. The van der Waals surface area contributed by atoms with Gasteiger partial charge in [0.15, 0.2) is 0 Å². The Balaban J connectivity index is 2.17. The fraction of sp³-hybridized carbons (Fsp3) is 0.0714. The van der Waals surface area contributed by atoms with Gasteiger partial charge in [0.2, 0.25) is 0 Å². The van der Waals surface area contributed by atoms with Crippen LogP contribution in [0.4, 0.5) is 11.4 Å². The van der Waals surface area contributed by atoms with E-state index < -0.39 is 11.8 Å². The van der Waals surface area contributed by atoms with Crippen LogP contribution in [0.5, 0.6) is 0 Å². The topological polar surface area (TPSA) is 76.3 Å². The van der Waals surface area contributed by atoms with Crippen LogP contribution >= 0.6 is 11.6 Å². The van der Waals surface area contributed by atoms with Crippen molar-refractivity contribution < 1.29 is 9.59 Å². The number of nitrogen functional groups attached to an aromatic ring is 1. The molecule has 6 heteroatoms. The van der Waals surface area contributed by atoms with Gasteiger partial charge in [0.1, 0.15) is 5.69 Å². The zero-order chi connectivity index (χ0) is 14.4. The Morgan fingerprint density at radius 1 is 1.25 bits per heavy atom. The number of rotatable bonds is 1. The van der Waals surface area contributed by atoms with Gasteiger partial charge in [-0.1, -0.05) is 11.6 Å². The van der Waals surface area contributed by atoms with E-state index in [9.17, 15) is 9.59 Å². The number of aryl methyl sites for hydroxylation is 1. The minimum Gasteiger partial charge on any atom is -0.398 e. The van der Waals surface area contributed by atoms with Crippen LogP contribution in [-0.4, -0.2) is 16.8 Å². The molecule has 100 valence electrons. The summed E-state index contributed by atoms with van der Waals surface area (Å²) in [6.45, 7) is 1.76. The summed E-state index contributed by atoms with van der Waals surface area (Å²) in [5.41, 5.74) is 7.69. The number of hydrogen-bond acceptors (Lipinski definition) is 4. The molecular formula is C14H10ClN3O2. The van der Waals surface area contributed by atoms with Crippen molar-refractivity contribution >= 4 is 34.8 Å². The molecule has 1 aliphatic heterocycles. The van der Waals surface area contributed by atoms with Crippen molar-refractivity contribution in [2.45, 2.75) is 6.92 Å². The highest BCUT2D eigenvalue weighted by Gasteiger charge is 2.38. The van der Waals surface area contributed by atoms with Crippen LogP contribution in [0.3, 0.4) is 0 Å². The zero-order valence-electron chi connectivity index (χ0n) is 10.6. The fourth-order valence-electron chi connectivity index (χ4n) is 2.22. The molecule has 5 nitrogen and oxygen atoms in total. The molecule has 2 N–H and O–H groups in total. The molecule has 0 atom stereocenters. The molecule has 1 aromatic heterocycles. The molecule has 0 fully saturated rings. The van der Waals surface area contributed by atoms with Gasteiger partial charge in [-0.15, -0.1) is 0 Å². The summed E-state index contributed by atoms with van der Waals surface area (Å²) in [4.78, 5) is 29.7. The quantitative estimate of drug-likeness (QED) is 0.645. The van der Waals surface area contributed by atoms with E-state index in [2.05, 4.69) is 4.98 Å². The summed E-state index contributed by atoms with van der Waals surface area (Å²) in [5.74, 6) is -0.850. The Morgan fingerprint density at radius 3 is 2.70 bits per heavy atom. The number of hydrogen-bond donors (Lipinski definition) is 1. The molecular weight excluding hydrogens is 278 g/mol. The number of aromatic nitrogens is 1. The number of carbonyl (C=O) groups is 2. The molecule has 0 radical (unpaired) electrons. The third-order valence-electron chi connectivity index (χ3n) is 3.20. The van der Waals surface area contributed by atoms with E-state index >= 15 is 0 Å². The maximum atomic E-state index is 12.3. The number of carbonyl (C=O) groups excluding carboxylic acids is 2. The minimum absolute atomic E-state index is 0.157. The van der Waals surface area contributed by atoms with Crippen LogP contribution in [0.2, 0.25) is 5.02 Å². The van der Waals surface area contributed by atoms with Gasteiger partial charge in [-0.25, -0.2) is 4.90 Å². The SMILES string of the molecule is Cc1cc(N)c(Cl)cc1N1C(=O)c2cccnc2C1=O. The summed E-state index contributed by atoms with van der Waals surface area (Å²) >= 11 is 5.98. The molecule has 3 rings (SSSR count). The van der Waals surface area contributed by atoms with Crippen LogP contribution in [0.15, 0.2) is 30.5 Å². The normalized spacial score (nSPS) is 13.8. The van der Waals surface area contributed by atoms with Crippen molar-refractivity contribution in [3.63, 3.8) is 0 Å². The van der Waals surface area contributed by atoms with E-state index in [1.807, 2.05) is 0 Å². The van der Waals surface area contributed by atoms with Crippen LogP contribution in [0, 0.1) is 6.92 Å². The van der Waals surface area contributed by atoms with Crippen LogP contribution in [0.1, 0.15) is 26.4 Å². The molecule has 0 spiro atoms. The van der Waals surface area contributed by atoms with Gasteiger partial charge < -0.3 is 5.73 Å². The minimum atomic E-state index is -0.450. The molecule has 2 heterocycles. The van der Waals surface area contributed by atoms with E-state index in [4.69, 9.17) is 17.3 Å². The summed E-state index contributed by atoms with van der Waals surface area (Å²) < 4.78 is 0. The second kappa shape index (κ2) is 4.31. The number of nitrogens with two attached hydrogens (primary N) is 1. The molecule has 0 saturated carbocycles. The Morgan fingerprint density at radius 2 is 2.00 bits per heavy atom. The molecule has 1 aliphatic rings. The van der Waals surface area contributed by atoms with Gasteiger partial charge in [0.05, 0.1) is 22.0 Å². The van der Waals surface area contributed by atoms with Crippen molar-refractivity contribution in [2.75, 3.05) is 10.6 Å². The second-order valence-electron chi connectivity index (χ2n) is 4.51. The fourth-order valence-corrected chi connectivity index (χ4v) is 2.38. The first-order chi connectivity index (χ1) is 9.50. The summed E-state index contributed by atoms with van der Waals surface area (Å²) in [6.07, 6.45) is 1.48. The first-order valence-electron chi connectivity index (χ1n) is 5.90. The van der Waals surface area contributed by atoms with Gasteiger partial charge in [0.25, 0.3) is 11.8 Å². The van der Waals surface area contributed by atoms with Crippen molar-refractivity contribution in [3.05, 3.63) is 52.3 Å². The smallest absolute Gasteiger partial charge is 0.284 e. The average molecular weight is 288 g/mol. The maximum Gasteiger partial charge on any atom is 0.284 e. The highest BCUT2D eigenvalue weighted by Crippen LogP contribution is 2.33. The maximum absolute atomic E-state index is 12.3. The zero-order valence-corrected chi connectivity index (χ0v) is 11.3. The molecule has 20 heavy (non-hydrogen) atoms. The monoisotopic (exact) mass is 287 g/mol. The number of amides is 2. The number of fused-ring (bicyclic) bond motifs is 1. The Kier molecular flexibility index (Phi) is 2.72. The lowest BCUT2D eigenvalue weighted by atomic mass is 10.1. The van der Waals surface area contributed by atoms with Crippen LogP contribution < -0.4 is 10.6 Å². The van der Waals surface area contributed by atoms with Crippen molar-refractivity contribution in [1.82, 2.24) is 4.98 Å². The van der Waals surface area contributed by atoms with Crippen molar-refractivity contribution in [3.8, 4) is 0 Å².